The zero-order valence-corrected chi connectivity index (χ0v) is 4.35. The second-order valence-electron chi connectivity index (χ2n) is 0.691. The van der Waals surface area contributed by atoms with Gasteiger partial charge in [-0.1, -0.05) is 6.08 Å². The minimum Gasteiger partial charge on any atom is -0.303 e. The molecule has 0 N–H and O–H groups in total. The van der Waals surface area contributed by atoms with Crippen molar-refractivity contribution in [2.75, 3.05) is 0 Å². The second-order valence-corrected chi connectivity index (χ2v) is 0.691. The van der Waals surface area contributed by atoms with Gasteiger partial charge in [0.1, 0.15) is 6.29 Å². The molecule has 0 aliphatic heterocycles. The van der Waals surface area contributed by atoms with Crippen molar-refractivity contribution in [3.05, 3.63) is 12.7 Å². The number of carbonyl (C=O) groups is 1. The Morgan fingerprint density at radius 3 is 2.17 bits per heavy atom. The van der Waals surface area contributed by atoms with Crippen LogP contribution in [0.25, 0.3) is 0 Å². The average molecular weight is 129 g/mol. The molecule has 0 fully saturated rings. The summed E-state index contributed by atoms with van der Waals surface area (Å²) in [7, 11) is 0. The SMILES string of the molecule is C=CCC=O.[Co]. The van der Waals surface area contributed by atoms with Crippen LogP contribution in [0.1, 0.15) is 6.42 Å². The Bertz CT molecular complexity index is 36.8. The van der Waals surface area contributed by atoms with Gasteiger partial charge in [0.2, 0.25) is 0 Å². The van der Waals surface area contributed by atoms with E-state index in [0.717, 1.165) is 6.29 Å². The molecule has 0 saturated carbocycles. The largest absolute Gasteiger partial charge is 0.303 e. The molecule has 0 rings (SSSR count). The van der Waals surface area contributed by atoms with Gasteiger partial charge in [0.05, 0.1) is 0 Å². The number of rotatable bonds is 2. The van der Waals surface area contributed by atoms with Crippen molar-refractivity contribution in [2.24, 2.45) is 0 Å². The molecule has 0 aliphatic carbocycles. The summed E-state index contributed by atoms with van der Waals surface area (Å²) in [6.07, 6.45) is 2.85. The van der Waals surface area contributed by atoms with Crippen molar-refractivity contribution in [3.8, 4) is 0 Å². The van der Waals surface area contributed by atoms with Crippen LogP contribution in [0.15, 0.2) is 12.7 Å². The fraction of sp³-hybridized carbons (Fsp3) is 0.250. The fourth-order valence-electron chi connectivity index (χ4n) is 0.0680. The van der Waals surface area contributed by atoms with E-state index >= 15 is 0 Å². The van der Waals surface area contributed by atoms with Crippen LogP contribution in [0.5, 0.6) is 0 Å². The standard InChI is InChI=1S/C4H6O.Co/c1-2-3-4-5;/h2,4H,1,3H2;. The van der Waals surface area contributed by atoms with Gasteiger partial charge in [0, 0.05) is 23.2 Å². The first kappa shape index (κ1) is 9.32. The first-order valence-electron chi connectivity index (χ1n) is 1.46. The van der Waals surface area contributed by atoms with Crippen LogP contribution < -0.4 is 0 Å². The third-order valence-electron chi connectivity index (χ3n) is 0.263. The van der Waals surface area contributed by atoms with E-state index in [0.29, 0.717) is 6.42 Å². The summed E-state index contributed by atoms with van der Waals surface area (Å²) in [4.78, 5) is 9.33. The maximum atomic E-state index is 9.33. The number of carbonyl (C=O) groups excluding carboxylic acids is 1. The predicted octanol–water partition coefficient (Wildman–Crippen LogP) is 0.759. The van der Waals surface area contributed by atoms with Crippen molar-refractivity contribution in [2.45, 2.75) is 6.42 Å². The van der Waals surface area contributed by atoms with E-state index in [-0.39, 0.29) is 16.8 Å². The molecular weight excluding hydrogens is 123 g/mol. The van der Waals surface area contributed by atoms with E-state index < -0.39 is 0 Å². The van der Waals surface area contributed by atoms with Crippen LogP contribution in [0, 0.1) is 0 Å². The van der Waals surface area contributed by atoms with E-state index in [9.17, 15) is 4.79 Å². The predicted molar refractivity (Wildman–Crippen MR) is 20.9 cm³/mol. The van der Waals surface area contributed by atoms with E-state index in [1.807, 2.05) is 0 Å². The van der Waals surface area contributed by atoms with Crippen LogP contribution >= 0.6 is 0 Å². The quantitative estimate of drug-likeness (QED) is 0.397. The smallest absolute Gasteiger partial charge is 0.123 e. The minimum absolute atomic E-state index is 0. The van der Waals surface area contributed by atoms with Gasteiger partial charge in [0.15, 0.2) is 0 Å². The molecule has 0 spiro atoms. The molecule has 0 unspecified atom stereocenters. The van der Waals surface area contributed by atoms with Crippen molar-refractivity contribution in [1.29, 1.82) is 0 Å². The van der Waals surface area contributed by atoms with Gasteiger partial charge >= 0.3 is 0 Å². The maximum absolute atomic E-state index is 9.33. The molecule has 2 heteroatoms. The monoisotopic (exact) mass is 129 g/mol. The first-order valence-corrected chi connectivity index (χ1v) is 1.46. The third kappa shape index (κ3) is 9.07. The van der Waals surface area contributed by atoms with Crippen molar-refractivity contribution < 1.29 is 21.6 Å². The van der Waals surface area contributed by atoms with Crippen LogP contribution in [0.3, 0.4) is 0 Å². The van der Waals surface area contributed by atoms with E-state index in [2.05, 4.69) is 6.58 Å². The van der Waals surface area contributed by atoms with Crippen LogP contribution in [0.2, 0.25) is 0 Å². The molecule has 0 atom stereocenters. The Balaban J connectivity index is 0. The van der Waals surface area contributed by atoms with Gasteiger partial charge in [-0.2, -0.15) is 0 Å². The Morgan fingerprint density at radius 2 is 2.17 bits per heavy atom. The fourth-order valence-corrected chi connectivity index (χ4v) is 0.0680. The van der Waals surface area contributed by atoms with Crippen LogP contribution in [-0.4, -0.2) is 6.29 Å². The topological polar surface area (TPSA) is 17.1 Å². The summed E-state index contributed by atoms with van der Waals surface area (Å²) in [5.41, 5.74) is 0. The molecule has 6 heavy (non-hydrogen) atoms. The zero-order valence-electron chi connectivity index (χ0n) is 3.31. The van der Waals surface area contributed by atoms with E-state index in [1.165, 1.54) is 0 Å². The third-order valence-corrected chi connectivity index (χ3v) is 0.263. The van der Waals surface area contributed by atoms with Crippen molar-refractivity contribution >= 4 is 6.29 Å². The average Bonchev–Trinajstić information content (AvgIpc) is 1.41. The molecule has 0 heterocycles. The van der Waals surface area contributed by atoms with Gasteiger partial charge < -0.3 is 4.79 Å². The van der Waals surface area contributed by atoms with E-state index in [4.69, 9.17) is 0 Å². The van der Waals surface area contributed by atoms with Gasteiger partial charge in [-0.25, -0.2) is 0 Å². The summed E-state index contributed by atoms with van der Waals surface area (Å²) in [5.74, 6) is 0. The van der Waals surface area contributed by atoms with Crippen LogP contribution in [-0.2, 0) is 21.6 Å². The molecule has 0 aromatic rings. The minimum atomic E-state index is 0. The van der Waals surface area contributed by atoms with Gasteiger partial charge in [-0.3, -0.25) is 0 Å². The molecule has 1 nitrogen and oxygen atoms in total. The Morgan fingerprint density at radius 1 is 1.67 bits per heavy atom. The van der Waals surface area contributed by atoms with Crippen molar-refractivity contribution in [1.82, 2.24) is 0 Å². The molecule has 0 aromatic heterocycles. The Kier molecular flexibility index (Phi) is 13.8. The normalized spacial score (nSPS) is 5.33. The number of aldehydes is 1. The summed E-state index contributed by atoms with van der Waals surface area (Å²) >= 11 is 0. The molecule has 1 radical (unpaired) electrons. The second kappa shape index (κ2) is 8.87. The van der Waals surface area contributed by atoms with Gasteiger partial charge in [-0.05, 0) is 0 Å². The Labute approximate surface area is 47.6 Å². The molecular formula is C4H6CoO. The molecule has 0 saturated heterocycles. The van der Waals surface area contributed by atoms with E-state index in [1.54, 1.807) is 6.08 Å². The molecule has 37 valence electrons. The Hall–Kier alpha value is -0.0835. The molecule has 0 aromatic carbocycles. The number of allylic oxidation sites excluding steroid dienone is 1. The summed E-state index contributed by atoms with van der Waals surface area (Å²) < 4.78 is 0. The van der Waals surface area contributed by atoms with Crippen LogP contribution in [0.4, 0.5) is 0 Å². The van der Waals surface area contributed by atoms with Crippen molar-refractivity contribution in [3.63, 3.8) is 0 Å². The maximum Gasteiger partial charge on any atom is 0.123 e. The molecule has 0 aliphatic rings. The van der Waals surface area contributed by atoms with Gasteiger partial charge in [0.25, 0.3) is 0 Å². The van der Waals surface area contributed by atoms with Gasteiger partial charge in [-0.15, -0.1) is 6.58 Å². The summed E-state index contributed by atoms with van der Waals surface area (Å²) in [5, 5.41) is 0. The molecule has 0 amide bonds. The number of hydrogen-bond acceptors (Lipinski definition) is 1. The summed E-state index contributed by atoms with van der Waals surface area (Å²) in [6, 6.07) is 0. The summed E-state index contributed by atoms with van der Waals surface area (Å²) in [6.45, 7) is 3.32. The molecule has 0 bridgehead atoms. The number of hydrogen-bond donors (Lipinski definition) is 0. The zero-order chi connectivity index (χ0) is 4.12. The first-order chi connectivity index (χ1) is 2.41.